The van der Waals surface area contributed by atoms with Gasteiger partial charge < -0.3 is 9.64 Å². The number of hydrogen-bond acceptors (Lipinski definition) is 7. The molecule has 2 heterocycles. The first-order chi connectivity index (χ1) is 13.5. The Labute approximate surface area is 163 Å². The first-order valence-corrected chi connectivity index (χ1v) is 11.3. The number of carbonyl (C=O) groups excluding carboxylic acids is 1. The van der Waals surface area contributed by atoms with Crippen molar-refractivity contribution in [2.75, 3.05) is 18.1 Å². The molecule has 9 nitrogen and oxygen atoms in total. The van der Waals surface area contributed by atoms with Crippen LogP contribution in [0.25, 0.3) is 5.69 Å². The van der Waals surface area contributed by atoms with Crippen LogP contribution in [0.2, 0.25) is 0 Å². The lowest BCUT2D eigenvalue weighted by Gasteiger charge is -2.34. The minimum absolute atomic E-state index is 0.0595. The molecule has 2 aliphatic rings. The zero-order valence-corrected chi connectivity index (χ0v) is 16.3. The van der Waals surface area contributed by atoms with Gasteiger partial charge in [-0.2, -0.15) is 0 Å². The molecule has 1 aliphatic carbocycles. The van der Waals surface area contributed by atoms with Crippen LogP contribution in [0.1, 0.15) is 32.1 Å². The van der Waals surface area contributed by atoms with E-state index in [1.165, 1.54) is 11.0 Å². The van der Waals surface area contributed by atoms with E-state index in [-0.39, 0.29) is 36.1 Å². The van der Waals surface area contributed by atoms with Crippen LogP contribution in [-0.2, 0) is 14.6 Å². The SMILES string of the molecule is O=C(COc1cccc(-n2cnnn2)c1)N(C1CCCC1)[C@H]1CCS(=O)(=O)C1. The summed E-state index contributed by atoms with van der Waals surface area (Å²) in [5, 5.41) is 11.1. The van der Waals surface area contributed by atoms with Crippen molar-refractivity contribution < 1.29 is 17.9 Å². The van der Waals surface area contributed by atoms with Crippen LogP contribution in [0.3, 0.4) is 0 Å². The van der Waals surface area contributed by atoms with E-state index in [0.29, 0.717) is 12.2 Å². The average molecular weight is 405 g/mol. The molecule has 10 heteroatoms. The van der Waals surface area contributed by atoms with Gasteiger partial charge in [0.25, 0.3) is 5.91 Å². The maximum absolute atomic E-state index is 13.0. The molecule has 0 bridgehead atoms. The topological polar surface area (TPSA) is 107 Å². The van der Waals surface area contributed by atoms with E-state index in [4.69, 9.17) is 4.74 Å². The zero-order chi connectivity index (χ0) is 19.6. The summed E-state index contributed by atoms with van der Waals surface area (Å²) in [4.78, 5) is 14.8. The van der Waals surface area contributed by atoms with Crippen molar-refractivity contribution >= 4 is 15.7 Å². The molecule has 1 amide bonds. The van der Waals surface area contributed by atoms with Gasteiger partial charge in [0, 0.05) is 18.2 Å². The molecule has 1 aromatic carbocycles. The highest BCUT2D eigenvalue weighted by Crippen LogP contribution is 2.29. The fourth-order valence-corrected chi connectivity index (χ4v) is 5.81. The minimum Gasteiger partial charge on any atom is -0.484 e. The highest BCUT2D eigenvalue weighted by atomic mass is 32.2. The molecular formula is C18H23N5O4S. The van der Waals surface area contributed by atoms with Crippen molar-refractivity contribution in [1.82, 2.24) is 25.1 Å². The molecule has 0 radical (unpaired) electrons. The van der Waals surface area contributed by atoms with Gasteiger partial charge in [0.15, 0.2) is 16.4 Å². The first-order valence-electron chi connectivity index (χ1n) is 9.50. The predicted molar refractivity (Wildman–Crippen MR) is 101 cm³/mol. The molecule has 0 N–H and O–H groups in total. The second-order valence-electron chi connectivity index (χ2n) is 7.34. The van der Waals surface area contributed by atoms with Gasteiger partial charge in [-0.3, -0.25) is 4.79 Å². The van der Waals surface area contributed by atoms with E-state index >= 15 is 0 Å². The van der Waals surface area contributed by atoms with Gasteiger partial charge in [0.1, 0.15) is 12.1 Å². The summed E-state index contributed by atoms with van der Waals surface area (Å²) in [6, 6.07) is 7.03. The van der Waals surface area contributed by atoms with Gasteiger partial charge in [-0.1, -0.05) is 18.9 Å². The van der Waals surface area contributed by atoms with Crippen molar-refractivity contribution in [1.29, 1.82) is 0 Å². The number of nitrogens with zero attached hydrogens (tertiary/aromatic N) is 5. The zero-order valence-electron chi connectivity index (χ0n) is 15.5. The standard InChI is InChI=1S/C18H23N5O4S/c24-18(11-27-17-7-3-6-15(10-17)22-13-19-20-21-22)23(14-4-1-2-5-14)16-8-9-28(25,26)12-16/h3,6-7,10,13-14,16H,1-2,4-5,8-9,11-12H2/t16-/m0/s1. The molecule has 28 heavy (non-hydrogen) atoms. The molecule has 1 saturated carbocycles. The van der Waals surface area contributed by atoms with Crippen molar-refractivity contribution in [3.05, 3.63) is 30.6 Å². The summed E-state index contributed by atoms with van der Waals surface area (Å²) in [6.07, 6.45) is 5.99. The lowest BCUT2D eigenvalue weighted by Crippen LogP contribution is -2.48. The average Bonchev–Trinajstić information content (AvgIpc) is 3.43. The van der Waals surface area contributed by atoms with E-state index in [2.05, 4.69) is 15.5 Å². The fraction of sp³-hybridized carbons (Fsp3) is 0.556. The summed E-state index contributed by atoms with van der Waals surface area (Å²) in [5.41, 5.74) is 0.726. The van der Waals surface area contributed by atoms with Crippen LogP contribution in [0.4, 0.5) is 0 Å². The number of ether oxygens (including phenoxy) is 1. The largest absolute Gasteiger partial charge is 0.484 e. The predicted octanol–water partition coefficient (Wildman–Crippen LogP) is 0.999. The van der Waals surface area contributed by atoms with Crippen LogP contribution in [0.15, 0.2) is 30.6 Å². The molecule has 1 atom stereocenters. The minimum atomic E-state index is -3.06. The summed E-state index contributed by atoms with van der Waals surface area (Å²) in [5.74, 6) is 0.598. The normalized spacial score (nSPS) is 21.6. The monoisotopic (exact) mass is 405 g/mol. The van der Waals surface area contributed by atoms with Gasteiger partial charge >= 0.3 is 0 Å². The Morgan fingerprint density at radius 1 is 1.21 bits per heavy atom. The number of sulfone groups is 1. The number of benzene rings is 1. The molecule has 2 aromatic rings. The maximum atomic E-state index is 13.0. The lowest BCUT2D eigenvalue weighted by molar-refractivity contribution is -0.137. The van der Waals surface area contributed by atoms with E-state index in [0.717, 1.165) is 31.4 Å². The van der Waals surface area contributed by atoms with Crippen molar-refractivity contribution in [3.63, 3.8) is 0 Å². The van der Waals surface area contributed by atoms with E-state index in [9.17, 15) is 13.2 Å². The number of tetrazole rings is 1. The van der Waals surface area contributed by atoms with Gasteiger partial charge in [-0.15, -0.1) is 5.10 Å². The summed E-state index contributed by atoms with van der Waals surface area (Å²) >= 11 is 0. The quantitative estimate of drug-likeness (QED) is 0.705. The van der Waals surface area contributed by atoms with Gasteiger partial charge in [-0.25, -0.2) is 13.1 Å². The van der Waals surface area contributed by atoms with Crippen LogP contribution in [-0.4, -0.2) is 69.6 Å². The number of rotatable bonds is 6. The molecule has 4 rings (SSSR count). The molecule has 1 saturated heterocycles. The molecular weight excluding hydrogens is 382 g/mol. The van der Waals surface area contributed by atoms with Crippen LogP contribution < -0.4 is 4.74 Å². The molecule has 1 aromatic heterocycles. The highest BCUT2D eigenvalue weighted by Gasteiger charge is 2.39. The number of amides is 1. The molecule has 0 unspecified atom stereocenters. The van der Waals surface area contributed by atoms with Crippen LogP contribution >= 0.6 is 0 Å². The third-order valence-electron chi connectivity index (χ3n) is 5.40. The summed E-state index contributed by atoms with van der Waals surface area (Å²) < 4.78 is 31.1. The first kappa shape index (κ1) is 18.9. The van der Waals surface area contributed by atoms with Crippen molar-refractivity contribution in [2.24, 2.45) is 0 Å². The van der Waals surface area contributed by atoms with Crippen molar-refractivity contribution in [2.45, 2.75) is 44.2 Å². The number of carbonyl (C=O) groups is 1. The second-order valence-corrected chi connectivity index (χ2v) is 9.57. The highest BCUT2D eigenvalue weighted by molar-refractivity contribution is 7.91. The van der Waals surface area contributed by atoms with Crippen molar-refractivity contribution in [3.8, 4) is 11.4 Å². The molecule has 0 spiro atoms. The number of aromatic nitrogens is 4. The van der Waals surface area contributed by atoms with Gasteiger partial charge in [0.05, 0.1) is 17.2 Å². The van der Waals surface area contributed by atoms with E-state index in [1.54, 1.807) is 23.1 Å². The fourth-order valence-electron chi connectivity index (χ4n) is 4.10. The second kappa shape index (κ2) is 7.86. The number of hydrogen-bond donors (Lipinski definition) is 0. The Morgan fingerprint density at radius 3 is 2.71 bits per heavy atom. The van der Waals surface area contributed by atoms with E-state index < -0.39 is 9.84 Å². The molecule has 2 fully saturated rings. The maximum Gasteiger partial charge on any atom is 0.261 e. The molecule has 150 valence electrons. The Bertz CT molecular complexity index is 925. The van der Waals surface area contributed by atoms with Gasteiger partial charge in [-0.05, 0) is 41.8 Å². The van der Waals surface area contributed by atoms with Crippen LogP contribution in [0, 0.1) is 0 Å². The Kier molecular flexibility index (Phi) is 5.29. The summed E-state index contributed by atoms with van der Waals surface area (Å²) in [6.45, 7) is -0.119. The smallest absolute Gasteiger partial charge is 0.261 e. The Morgan fingerprint density at radius 2 is 2.04 bits per heavy atom. The van der Waals surface area contributed by atoms with E-state index in [1.807, 2.05) is 6.07 Å². The van der Waals surface area contributed by atoms with Crippen LogP contribution in [0.5, 0.6) is 5.75 Å². The third-order valence-corrected chi connectivity index (χ3v) is 7.15. The molecule has 1 aliphatic heterocycles. The Hall–Kier alpha value is -2.49. The lowest BCUT2D eigenvalue weighted by atomic mass is 10.1. The Balaban J connectivity index is 1.45. The van der Waals surface area contributed by atoms with Gasteiger partial charge in [0.2, 0.25) is 0 Å². The third kappa shape index (κ3) is 4.16. The summed E-state index contributed by atoms with van der Waals surface area (Å²) in [7, 11) is -3.06.